The molecule has 0 aliphatic carbocycles. The average Bonchev–Trinajstić information content (AvgIpc) is 3.23. The molecule has 0 aromatic rings. The van der Waals surface area contributed by atoms with Gasteiger partial charge in [-0.2, -0.15) is 0 Å². The topological polar surface area (TPSA) is 74.6 Å². The zero-order valence-corrected chi connectivity index (χ0v) is 40.9. The molecular formula is C56H110O4. The summed E-state index contributed by atoms with van der Waals surface area (Å²) in [6.45, 7) is 0. The molecule has 4 nitrogen and oxygen atoms in total. The van der Waals surface area contributed by atoms with Crippen LogP contribution in [0.3, 0.4) is 0 Å². The van der Waals surface area contributed by atoms with Crippen molar-refractivity contribution in [2.75, 3.05) is 0 Å². The molecule has 0 atom stereocenters. The van der Waals surface area contributed by atoms with E-state index in [-0.39, 0.29) is 0 Å². The van der Waals surface area contributed by atoms with Gasteiger partial charge in [0.05, 0.1) is 0 Å². The summed E-state index contributed by atoms with van der Waals surface area (Å²) in [6, 6.07) is 0. The van der Waals surface area contributed by atoms with E-state index in [1.54, 1.807) is 0 Å². The first-order chi connectivity index (χ1) is 29.6. The summed E-state index contributed by atoms with van der Waals surface area (Å²) in [7, 11) is 0. The molecule has 0 saturated heterocycles. The number of carboxylic acids is 2. The average molecular weight is 847 g/mol. The Bertz CT molecular complexity index is 745. The van der Waals surface area contributed by atoms with Crippen molar-refractivity contribution in [2.45, 2.75) is 347 Å². The van der Waals surface area contributed by atoms with E-state index in [2.05, 4.69) is 0 Å². The SMILES string of the molecule is O=C(O)CCCCCCCCCCCCCCCCCCCCCCCCCCCCCCCCCCCCCCCCCCCCCCCCCCCCCCC(=O)O. The predicted octanol–water partition coefficient (Wildman–Crippen LogP) is 20.2. The zero-order chi connectivity index (χ0) is 43.3. The second kappa shape index (κ2) is 54.1. The molecule has 0 aliphatic heterocycles. The Hall–Kier alpha value is -1.06. The van der Waals surface area contributed by atoms with Gasteiger partial charge in [-0.1, -0.05) is 321 Å². The van der Waals surface area contributed by atoms with Crippen LogP contribution in [0.2, 0.25) is 0 Å². The first kappa shape index (κ1) is 58.9. The summed E-state index contributed by atoms with van der Waals surface area (Å²) in [5.41, 5.74) is 0. The van der Waals surface area contributed by atoms with E-state index in [4.69, 9.17) is 10.2 Å². The lowest BCUT2D eigenvalue weighted by Gasteiger charge is -2.05. The first-order valence-electron chi connectivity index (χ1n) is 28.1. The Labute approximate surface area is 377 Å². The standard InChI is InChI=1S/C56H110O4/c57-55(58)53-51-49-47-45-43-41-39-37-35-33-31-29-27-25-23-21-19-17-15-13-11-9-7-5-3-1-2-4-6-8-10-12-14-16-18-20-22-24-26-28-30-32-34-36-38-40-42-44-46-48-50-52-54-56(59)60/h1-54H2,(H,57,58)(H,59,60). The Kier molecular flexibility index (Phi) is 53.1. The van der Waals surface area contributed by atoms with E-state index < -0.39 is 11.9 Å². The summed E-state index contributed by atoms with van der Waals surface area (Å²) in [5, 5.41) is 17.3. The predicted molar refractivity (Wildman–Crippen MR) is 265 cm³/mol. The monoisotopic (exact) mass is 847 g/mol. The van der Waals surface area contributed by atoms with Crippen LogP contribution in [0.4, 0.5) is 0 Å². The summed E-state index contributed by atoms with van der Waals surface area (Å²) in [5.74, 6) is -1.30. The number of carbonyl (C=O) groups is 2. The van der Waals surface area contributed by atoms with E-state index >= 15 is 0 Å². The normalized spacial score (nSPS) is 11.5. The van der Waals surface area contributed by atoms with Crippen molar-refractivity contribution in [1.82, 2.24) is 0 Å². The third-order valence-corrected chi connectivity index (χ3v) is 13.5. The van der Waals surface area contributed by atoms with Gasteiger partial charge in [0.15, 0.2) is 0 Å². The number of unbranched alkanes of at least 4 members (excludes halogenated alkanes) is 51. The summed E-state index contributed by atoms with van der Waals surface area (Å²) >= 11 is 0. The molecule has 0 amide bonds. The van der Waals surface area contributed by atoms with Crippen LogP contribution >= 0.6 is 0 Å². The van der Waals surface area contributed by atoms with Crippen molar-refractivity contribution in [3.8, 4) is 0 Å². The highest BCUT2D eigenvalue weighted by Gasteiger charge is 2.01. The quantitative estimate of drug-likeness (QED) is 0.0598. The highest BCUT2D eigenvalue weighted by molar-refractivity contribution is 5.66. The molecule has 4 heteroatoms. The van der Waals surface area contributed by atoms with Gasteiger partial charge in [0.2, 0.25) is 0 Å². The Morgan fingerprint density at radius 2 is 0.217 bits per heavy atom. The van der Waals surface area contributed by atoms with Crippen molar-refractivity contribution in [2.24, 2.45) is 0 Å². The molecular weight excluding hydrogens is 737 g/mol. The first-order valence-corrected chi connectivity index (χ1v) is 28.1. The van der Waals surface area contributed by atoms with Gasteiger partial charge >= 0.3 is 11.9 Å². The summed E-state index contributed by atoms with van der Waals surface area (Å²) in [6.07, 6.45) is 73.2. The van der Waals surface area contributed by atoms with Gasteiger partial charge in [-0.3, -0.25) is 9.59 Å². The minimum absolute atomic E-state index is 0.344. The number of rotatable bonds is 55. The zero-order valence-electron chi connectivity index (χ0n) is 40.9. The maximum atomic E-state index is 10.5. The molecule has 0 aromatic heterocycles. The van der Waals surface area contributed by atoms with E-state index in [1.165, 1.54) is 308 Å². The van der Waals surface area contributed by atoms with E-state index in [9.17, 15) is 9.59 Å². The lowest BCUT2D eigenvalue weighted by atomic mass is 10.0. The van der Waals surface area contributed by atoms with E-state index in [0.717, 1.165) is 25.7 Å². The molecule has 0 rings (SSSR count). The number of carboxylic acid groups (broad SMARTS) is 2. The van der Waals surface area contributed by atoms with Crippen LogP contribution in [-0.2, 0) is 9.59 Å². The molecule has 0 aliphatic rings. The number of hydrogen-bond acceptors (Lipinski definition) is 2. The van der Waals surface area contributed by atoms with Gasteiger partial charge in [0.25, 0.3) is 0 Å². The maximum Gasteiger partial charge on any atom is 0.303 e. The van der Waals surface area contributed by atoms with Crippen LogP contribution in [0.15, 0.2) is 0 Å². The Morgan fingerprint density at radius 3 is 0.283 bits per heavy atom. The molecule has 0 unspecified atom stereocenters. The second-order valence-electron chi connectivity index (χ2n) is 19.7. The van der Waals surface area contributed by atoms with Crippen molar-refractivity contribution >= 4 is 11.9 Å². The largest absolute Gasteiger partial charge is 0.481 e. The van der Waals surface area contributed by atoms with E-state index in [1.807, 2.05) is 0 Å². The van der Waals surface area contributed by atoms with Gasteiger partial charge in [-0.15, -0.1) is 0 Å². The maximum absolute atomic E-state index is 10.5. The molecule has 0 heterocycles. The Balaban J connectivity index is 3.07. The molecule has 0 radical (unpaired) electrons. The van der Waals surface area contributed by atoms with Gasteiger partial charge < -0.3 is 10.2 Å². The van der Waals surface area contributed by atoms with Crippen LogP contribution in [0.25, 0.3) is 0 Å². The Morgan fingerprint density at radius 1 is 0.150 bits per heavy atom. The fourth-order valence-corrected chi connectivity index (χ4v) is 9.39. The third-order valence-electron chi connectivity index (χ3n) is 13.5. The highest BCUT2D eigenvalue weighted by Crippen LogP contribution is 2.19. The molecule has 60 heavy (non-hydrogen) atoms. The van der Waals surface area contributed by atoms with E-state index in [0.29, 0.717) is 12.8 Å². The number of aliphatic carboxylic acids is 2. The van der Waals surface area contributed by atoms with Crippen molar-refractivity contribution in [3.05, 3.63) is 0 Å². The molecule has 0 aromatic carbocycles. The molecule has 0 spiro atoms. The highest BCUT2D eigenvalue weighted by atomic mass is 16.4. The van der Waals surface area contributed by atoms with Crippen molar-refractivity contribution in [1.29, 1.82) is 0 Å². The van der Waals surface area contributed by atoms with Gasteiger partial charge in [-0.05, 0) is 12.8 Å². The molecule has 2 N–H and O–H groups in total. The van der Waals surface area contributed by atoms with Crippen LogP contribution in [0.1, 0.15) is 347 Å². The molecule has 358 valence electrons. The van der Waals surface area contributed by atoms with Gasteiger partial charge in [-0.25, -0.2) is 0 Å². The van der Waals surface area contributed by atoms with Crippen molar-refractivity contribution in [3.63, 3.8) is 0 Å². The fraction of sp³-hybridized carbons (Fsp3) is 0.964. The smallest absolute Gasteiger partial charge is 0.303 e. The van der Waals surface area contributed by atoms with Gasteiger partial charge in [0.1, 0.15) is 0 Å². The lowest BCUT2D eigenvalue weighted by Crippen LogP contribution is -1.93. The van der Waals surface area contributed by atoms with Crippen LogP contribution in [0, 0.1) is 0 Å². The minimum atomic E-state index is -0.648. The second-order valence-corrected chi connectivity index (χ2v) is 19.7. The van der Waals surface area contributed by atoms with Crippen LogP contribution in [-0.4, -0.2) is 22.2 Å². The summed E-state index contributed by atoms with van der Waals surface area (Å²) in [4.78, 5) is 21.0. The lowest BCUT2D eigenvalue weighted by molar-refractivity contribution is -0.138. The van der Waals surface area contributed by atoms with Gasteiger partial charge in [0, 0.05) is 12.8 Å². The van der Waals surface area contributed by atoms with Crippen LogP contribution in [0.5, 0.6) is 0 Å². The van der Waals surface area contributed by atoms with Crippen molar-refractivity contribution < 1.29 is 19.8 Å². The summed E-state index contributed by atoms with van der Waals surface area (Å²) < 4.78 is 0. The van der Waals surface area contributed by atoms with Crippen LogP contribution < -0.4 is 0 Å². The molecule has 0 bridgehead atoms. The molecule has 0 fully saturated rings. The fourth-order valence-electron chi connectivity index (χ4n) is 9.39. The number of hydrogen-bond donors (Lipinski definition) is 2. The minimum Gasteiger partial charge on any atom is -0.481 e. The third kappa shape index (κ3) is 56.9. The molecule has 0 saturated carbocycles.